The molecular weight excluding hydrogens is 306 g/mol. The standard InChI is InChI=1S/C20H26ClNO/c1-2-3-4-8-13-22-15-18-11-12-20(19(21)14-18)23-16-17-9-6-5-7-10-17/h5-7,9-12,14,22H,2-4,8,13,15-16H2,1H3. The van der Waals surface area contributed by atoms with Gasteiger partial charge in [-0.15, -0.1) is 0 Å². The monoisotopic (exact) mass is 331 g/mol. The van der Waals surface area contributed by atoms with Crippen LogP contribution in [0.15, 0.2) is 48.5 Å². The van der Waals surface area contributed by atoms with Gasteiger partial charge in [0, 0.05) is 6.54 Å². The number of hydrogen-bond acceptors (Lipinski definition) is 2. The lowest BCUT2D eigenvalue weighted by Crippen LogP contribution is -2.14. The molecule has 0 aliphatic carbocycles. The molecule has 0 bridgehead atoms. The zero-order valence-corrected chi connectivity index (χ0v) is 14.6. The van der Waals surface area contributed by atoms with Crippen molar-refractivity contribution in [3.05, 3.63) is 64.7 Å². The molecule has 0 aliphatic rings. The van der Waals surface area contributed by atoms with E-state index < -0.39 is 0 Å². The molecule has 2 aromatic rings. The third kappa shape index (κ3) is 6.64. The number of ether oxygens (including phenoxy) is 1. The summed E-state index contributed by atoms with van der Waals surface area (Å²) in [5, 5.41) is 4.14. The highest BCUT2D eigenvalue weighted by atomic mass is 35.5. The van der Waals surface area contributed by atoms with Crippen LogP contribution in [0.3, 0.4) is 0 Å². The highest BCUT2D eigenvalue weighted by molar-refractivity contribution is 6.32. The average molecular weight is 332 g/mol. The molecule has 0 fully saturated rings. The van der Waals surface area contributed by atoms with Crippen LogP contribution in [0.25, 0.3) is 0 Å². The van der Waals surface area contributed by atoms with Crippen LogP contribution in [-0.2, 0) is 13.2 Å². The number of benzene rings is 2. The Morgan fingerprint density at radius 1 is 0.957 bits per heavy atom. The van der Waals surface area contributed by atoms with Gasteiger partial charge >= 0.3 is 0 Å². The predicted octanol–water partition coefficient (Wildman–Crippen LogP) is 5.59. The summed E-state index contributed by atoms with van der Waals surface area (Å²) in [5.41, 5.74) is 2.33. The lowest BCUT2D eigenvalue weighted by atomic mass is 10.2. The summed E-state index contributed by atoms with van der Waals surface area (Å²) in [4.78, 5) is 0. The zero-order valence-electron chi connectivity index (χ0n) is 13.9. The maximum Gasteiger partial charge on any atom is 0.138 e. The molecule has 2 nitrogen and oxygen atoms in total. The second-order valence-corrected chi connectivity index (χ2v) is 6.18. The van der Waals surface area contributed by atoms with Crippen molar-refractivity contribution in [2.75, 3.05) is 6.54 Å². The van der Waals surface area contributed by atoms with Gasteiger partial charge in [0.1, 0.15) is 12.4 Å². The smallest absolute Gasteiger partial charge is 0.138 e. The largest absolute Gasteiger partial charge is 0.487 e. The minimum absolute atomic E-state index is 0.537. The van der Waals surface area contributed by atoms with Gasteiger partial charge in [-0.05, 0) is 36.2 Å². The van der Waals surface area contributed by atoms with E-state index in [1.807, 2.05) is 42.5 Å². The molecule has 0 unspecified atom stereocenters. The molecule has 0 radical (unpaired) electrons. The van der Waals surface area contributed by atoms with Gasteiger partial charge in [0.05, 0.1) is 5.02 Å². The van der Waals surface area contributed by atoms with Crippen LogP contribution in [0, 0.1) is 0 Å². The molecule has 23 heavy (non-hydrogen) atoms. The molecule has 0 aromatic heterocycles. The summed E-state index contributed by atoms with van der Waals surface area (Å²) in [5.74, 6) is 0.738. The normalized spacial score (nSPS) is 10.7. The van der Waals surface area contributed by atoms with Crippen molar-refractivity contribution in [1.29, 1.82) is 0 Å². The Kier molecular flexibility index (Phi) is 7.99. The van der Waals surface area contributed by atoms with Crippen LogP contribution in [0.1, 0.15) is 43.7 Å². The first-order chi connectivity index (χ1) is 11.3. The first-order valence-electron chi connectivity index (χ1n) is 8.45. The maximum atomic E-state index is 6.32. The zero-order chi connectivity index (χ0) is 16.3. The Bertz CT molecular complexity index is 571. The maximum absolute atomic E-state index is 6.32. The van der Waals surface area contributed by atoms with Gasteiger partial charge in [-0.25, -0.2) is 0 Å². The molecule has 0 atom stereocenters. The van der Waals surface area contributed by atoms with E-state index >= 15 is 0 Å². The number of rotatable bonds is 10. The third-order valence-electron chi connectivity index (χ3n) is 3.77. The molecule has 0 heterocycles. The van der Waals surface area contributed by atoms with Crippen LogP contribution >= 0.6 is 11.6 Å². The number of unbranched alkanes of at least 4 members (excludes halogenated alkanes) is 3. The van der Waals surface area contributed by atoms with E-state index in [2.05, 4.69) is 18.3 Å². The fraction of sp³-hybridized carbons (Fsp3) is 0.400. The van der Waals surface area contributed by atoms with Crippen LogP contribution in [0.2, 0.25) is 5.02 Å². The topological polar surface area (TPSA) is 21.3 Å². The first-order valence-corrected chi connectivity index (χ1v) is 8.83. The van der Waals surface area contributed by atoms with E-state index in [0.717, 1.165) is 24.4 Å². The van der Waals surface area contributed by atoms with E-state index in [0.29, 0.717) is 11.6 Å². The Morgan fingerprint density at radius 3 is 2.52 bits per heavy atom. The number of nitrogens with one attached hydrogen (secondary N) is 1. The SMILES string of the molecule is CCCCCCNCc1ccc(OCc2ccccc2)c(Cl)c1. The highest BCUT2D eigenvalue weighted by Gasteiger charge is 2.04. The second kappa shape index (κ2) is 10.3. The fourth-order valence-corrected chi connectivity index (χ4v) is 2.67. The molecule has 2 aromatic carbocycles. The molecule has 1 N–H and O–H groups in total. The van der Waals surface area contributed by atoms with Gasteiger partial charge in [-0.2, -0.15) is 0 Å². The fourth-order valence-electron chi connectivity index (χ4n) is 2.42. The van der Waals surface area contributed by atoms with E-state index in [4.69, 9.17) is 16.3 Å². The molecule has 0 aliphatic heterocycles. The van der Waals surface area contributed by atoms with Crippen molar-refractivity contribution in [2.24, 2.45) is 0 Å². The van der Waals surface area contributed by atoms with Crippen molar-refractivity contribution in [2.45, 2.75) is 45.8 Å². The first kappa shape index (κ1) is 17.8. The summed E-state index contributed by atoms with van der Waals surface area (Å²) in [7, 11) is 0. The number of hydrogen-bond donors (Lipinski definition) is 1. The molecular formula is C20H26ClNO. The molecule has 0 saturated carbocycles. The molecule has 0 spiro atoms. The number of halogens is 1. The van der Waals surface area contributed by atoms with Crippen molar-refractivity contribution in [1.82, 2.24) is 5.32 Å². The van der Waals surface area contributed by atoms with E-state index in [-0.39, 0.29) is 0 Å². The highest BCUT2D eigenvalue weighted by Crippen LogP contribution is 2.26. The van der Waals surface area contributed by atoms with Gasteiger partial charge in [0.15, 0.2) is 0 Å². The van der Waals surface area contributed by atoms with Crippen LogP contribution in [0.5, 0.6) is 5.75 Å². The molecule has 2 rings (SSSR count). The van der Waals surface area contributed by atoms with Crippen LogP contribution in [-0.4, -0.2) is 6.54 Å². The van der Waals surface area contributed by atoms with Crippen molar-refractivity contribution in [3.63, 3.8) is 0 Å². The second-order valence-electron chi connectivity index (χ2n) is 5.78. The van der Waals surface area contributed by atoms with Crippen LogP contribution in [0.4, 0.5) is 0 Å². The minimum atomic E-state index is 0.537. The van der Waals surface area contributed by atoms with E-state index in [1.54, 1.807) is 0 Å². The molecule has 124 valence electrons. The van der Waals surface area contributed by atoms with E-state index in [9.17, 15) is 0 Å². The lowest BCUT2D eigenvalue weighted by Gasteiger charge is -2.10. The third-order valence-corrected chi connectivity index (χ3v) is 4.07. The summed E-state index contributed by atoms with van der Waals surface area (Å²) in [6.45, 7) is 4.68. The Balaban J connectivity index is 1.76. The van der Waals surface area contributed by atoms with Crippen molar-refractivity contribution in [3.8, 4) is 5.75 Å². The summed E-state index contributed by atoms with van der Waals surface area (Å²) < 4.78 is 5.80. The molecule has 3 heteroatoms. The van der Waals surface area contributed by atoms with Gasteiger partial charge in [0.2, 0.25) is 0 Å². The Morgan fingerprint density at radius 2 is 1.78 bits per heavy atom. The van der Waals surface area contributed by atoms with Gasteiger partial charge in [-0.3, -0.25) is 0 Å². The Hall–Kier alpha value is -1.51. The predicted molar refractivity (Wildman–Crippen MR) is 98.1 cm³/mol. The van der Waals surface area contributed by atoms with Gasteiger partial charge < -0.3 is 10.1 Å². The van der Waals surface area contributed by atoms with Gasteiger partial charge in [-0.1, -0.05) is 74.2 Å². The van der Waals surface area contributed by atoms with Gasteiger partial charge in [0.25, 0.3) is 0 Å². The molecule has 0 saturated heterocycles. The van der Waals surface area contributed by atoms with E-state index in [1.165, 1.54) is 31.2 Å². The summed E-state index contributed by atoms with van der Waals surface area (Å²) >= 11 is 6.32. The van der Waals surface area contributed by atoms with Crippen molar-refractivity contribution >= 4 is 11.6 Å². The molecule has 0 amide bonds. The quantitative estimate of drug-likeness (QED) is 0.573. The van der Waals surface area contributed by atoms with Crippen molar-refractivity contribution < 1.29 is 4.74 Å². The summed E-state index contributed by atoms with van der Waals surface area (Å²) in [6, 6.07) is 16.1. The lowest BCUT2D eigenvalue weighted by molar-refractivity contribution is 0.306. The minimum Gasteiger partial charge on any atom is -0.487 e. The summed E-state index contributed by atoms with van der Waals surface area (Å²) in [6.07, 6.45) is 5.14. The average Bonchev–Trinajstić information content (AvgIpc) is 2.58. The Labute approximate surface area is 144 Å². The van der Waals surface area contributed by atoms with Crippen LogP contribution < -0.4 is 10.1 Å².